The molecule has 0 saturated carbocycles. The topological polar surface area (TPSA) is 47.0 Å². The molecule has 0 aromatic carbocycles. The van der Waals surface area contributed by atoms with Gasteiger partial charge in [0.25, 0.3) is 0 Å². The van der Waals surface area contributed by atoms with Crippen LogP contribution < -0.4 is 5.32 Å². The van der Waals surface area contributed by atoms with Crippen LogP contribution in [-0.4, -0.2) is 28.7 Å². The number of rotatable bonds is 3. The summed E-state index contributed by atoms with van der Waals surface area (Å²) in [5, 5.41) is 3.45. The van der Waals surface area contributed by atoms with Gasteiger partial charge >= 0.3 is 0 Å². The van der Waals surface area contributed by atoms with Crippen LogP contribution in [0.5, 0.6) is 0 Å². The molecule has 0 aliphatic carbocycles. The third kappa shape index (κ3) is 3.16. The number of nitrogens with zero attached hydrogens (tertiary/aromatic N) is 2. The summed E-state index contributed by atoms with van der Waals surface area (Å²) in [6.07, 6.45) is 1.01. The fourth-order valence-electron chi connectivity index (χ4n) is 1.83. The zero-order chi connectivity index (χ0) is 12.5. The van der Waals surface area contributed by atoms with Crippen LogP contribution in [0.1, 0.15) is 38.9 Å². The number of hydrogen-bond donors (Lipinski definition) is 1. The molecule has 0 spiro atoms. The van der Waals surface area contributed by atoms with Gasteiger partial charge < -0.3 is 10.1 Å². The standard InChI is InChI=1S/C12H18BrN3O/c1-8(2)11-14-9(13)6-10(15-11)16-12(3)4-5-17-7-12/h6,8H,4-5,7H2,1-3H3,(H,14,15,16). The SMILES string of the molecule is CC(C)c1nc(Br)cc(NC2(C)CCOC2)n1. The molecule has 1 aliphatic heterocycles. The van der Waals surface area contributed by atoms with E-state index in [0.717, 1.165) is 35.9 Å². The maximum atomic E-state index is 5.42. The normalized spacial score (nSPS) is 24.3. The minimum atomic E-state index is -0.0119. The van der Waals surface area contributed by atoms with E-state index in [9.17, 15) is 0 Å². The maximum Gasteiger partial charge on any atom is 0.134 e. The number of anilines is 1. The van der Waals surface area contributed by atoms with Gasteiger partial charge in [-0.05, 0) is 29.3 Å². The average Bonchev–Trinajstić information content (AvgIpc) is 2.63. The highest BCUT2D eigenvalue weighted by Crippen LogP contribution is 2.25. The quantitative estimate of drug-likeness (QED) is 0.872. The van der Waals surface area contributed by atoms with Gasteiger partial charge in [-0.25, -0.2) is 9.97 Å². The van der Waals surface area contributed by atoms with Crippen LogP contribution in [0.3, 0.4) is 0 Å². The average molecular weight is 300 g/mol. The van der Waals surface area contributed by atoms with Gasteiger partial charge in [0, 0.05) is 18.6 Å². The van der Waals surface area contributed by atoms with Crippen LogP contribution in [0.4, 0.5) is 5.82 Å². The molecule has 94 valence electrons. The van der Waals surface area contributed by atoms with E-state index in [0.29, 0.717) is 5.92 Å². The maximum absolute atomic E-state index is 5.42. The number of nitrogens with one attached hydrogen (secondary N) is 1. The summed E-state index contributed by atoms with van der Waals surface area (Å²) >= 11 is 3.43. The van der Waals surface area contributed by atoms with E-state index in [1.54, 1.807) is 0 Å². The molecule has 2 rings (SSSR count). The summed E-state index contributed by atoms with van der Waals surface area (Å²) in [6, 6.07) is 1.91. The van der Waals surface area contributed by atoms with Crippen molar-refractivity contribution >= 4 is 21.7 Å². The predicted octanol–water partition coefficient (Wildman–Crippen LogP) is 2.95. The molecule has 1 N–H and O–H groups in total. The Morgan fingerprint density at radius 3 is 2.82 bits per heavy atom. The highest BCUT2D eigenvalue weighted by atomic mass is 79.9. The first-order chi connectivity index (χ1) is 7.98. The molecule has 4 nitrogen and oxygen atoms in total. The molecular formula is C12H18BrN3O. The lowest BCUT2D eigenvalue weighted by atomic mass is 10.0. The Kier molecular flexibility index (Phi) is 3.68. The van der Waals surface area contributed by atoms with Gasteiger partial charge in [0.05, 0.1) is 12.1 Å². The zero-order valence-electron chi connectivity index (χ0n) is 10.5. The fourth-order valence-corrected chi connectivity index (χ4v) is 2.23. The summed E-state index contributed by atoms with van der Waals surface area (Å²) in [4.78, 5) is 8.90. The van der Waals surface area contributed by atoms with Gasteiger partial charge in [-0.3, -0.25) is 0 Å². The Hall–Kier alpha value is -0.680. The van der Waals surface area contributed by atoms with Gasteiger partial charge in [0.15, 0.2) is 0 Å². The van der Waals surface area contributed by atoms with Crippen molar-refractivity contribution in [2.75, 3.05) is 18.5 Å². The molecule has 1 aliphatic rings. The number of aromatic nitrogens is 2. The molecule has 1 saturated heterocycles. The smallest absolute Gasteiger partial charge is 0.134 e. The van der Waals surface area contributed by atoms with Crippen LogP contribution in [0.2, 0.25) is 0 Å². The van der Waals surface area contributed by atoms with Gasteiger partial charge in [-0.2, -0.15) is 0 Å². The molecule has 2 heterocycles. The molecule has 5 heteroatoms. The Morgan fingerprint density at radius 1 is 1.47 bits per heavy atom. The largest absolute Gasteiger partial charge is 0.379 e. The molecule has 17 heavy (non-hydrogen) atoms. The number of hydrogen-bond acceptors (Lipinski definition) is 4. The van der Waals surface area contributed by atoms with Crippen molar-refractivity contribution in [1.82, 2.24) is 9.97 Å². The molecule has 1 unspecified atom stereocenters. The van der Waals surface area contributed by atoms with Crippen molar-refractivity contribution in [3.05, 3.63) is 16.5 Å². The third-order valence-corrected chi connectivity index (χ3v) is 3.28. The molecule has 1 aromatic rings. The molecule has 1 fully saturated rings. The second kappa shape index (κ2) is 4.90. The Bertz CT molecular complexity index is 403. The van der Waals surface area contributed by atoms with Gasteiger partial charge in [0.1, 0.15) is 16.2 Å². The third-order valence-electron chi connectivity index (χ3n) is 2.88. The van der Waals surface area contributed by atoms with E-state index in [4.69, 9.17) is 4.74 Å². The van der Waals surface area contributed by atoms with Crippen molar-refractivity contribution in [3.8, 4) is 0 Å². The van der Waals surface area contributed by atoms with Crippen LogP contribution in [0.15, 0.2) is 10.7 Å². The van der Waals surface area contributed by atoms with E-state index in [1.165, 1.54) is 0 Å². The first kappa shape index (κ1) is 12.8. The predicted molar refractivity (Wildman–Crippen MR) is 71.3 cm³/mol. The summed E-state index contributed by atoms with van der Waals surface area (Å²) in [5.41, 5.74) is -0.0119. The van der Waals surface area contributed by atoms with Crippen LogP contribution in [0.25, 0.3) is 0 Å². The van der Waals surface area contributed by atoms with Crippen LogP contribution >= 0.6 is 15.9 Å². The summed E-state index contributed by atoms with van der Waals surface area (Å²) in [5.74, 6) is 2.04. The molecular weight excluding hydrogens is 282 g/mol. The molecule has 0 bridgehead atoms. The van der Waals surface area contributed by atoms with E-state index in [2.05, 4.69) is 52.0 Å². The second-order valence-electron chi connectivity index (χ2n) is 5.08. The highest BCUT2D eigenvalue weighted by molar-refractivity contribution is 9.10. The van der Waals surface area contributed by atoms with Crippen molar-refractivity contribution in [2.24, 2.45) is 0 Å². The van der Waals surface area contributed by atoms with Crippen molar-refractivity contribution < 1.29 is 4.74 Å². The lowest BCUT2D eigenvalue weighted by Crippen LogP contribution is -2.35. The Balaban J connectivity index is 2.20. The summed E-state index contributed by atoms with van der Waals surface area (Å²) < 4.78 is 6.24. The molecule has 0 amide bonds. The highest BCUT2D eigenvalue weighted by Gasteiger charge is 2.30. The van der Waals surface area contributed by atoms with E-state index in [-0.39, 0.29) is 5.54 Å². The molecule has 1 atom stereocenters. The lowest BCUT2D eigenvalue weighted by Gasteiger charge is -2.24. The van der Waals surface area contributed by atoms with Crippen molar-refractivity contribution in [3.63, 3.8) is 0 Å². The van der Waals surface area contributed by atoms with E-state index < -0.39 is 0 Å². The summed E-state index contributed by atoms with van der Waals surface area (Å²) in [6.45, 7) is 7.88. The fraction of sp³-hybridized carbons (Fsp3) is 0.667. The minimum Gasteiger partial charge on any atom is -0.379 e. The van der Waals surface area contributed by atoms with Crippen molar-refractivity contribution in [1.29, 1.82) is 0 Å². The minimum absolute atomic E-state index is 0.0119. The lowest BCUT2D eigenvalue weighted by molar-refractivity contribution is 0.185. The first-order valence-corrected chi connectivity index (χ1v) is 6.68. The summed E-state index contributed by atoms with van der Waals surface area (Å²) in [7, 11) is 0. The van der Waals surface area contributed by atoms with Gasteiger partial charge in [-0.1, -0.05) is 13.8 Å². The van der Waals surface area contributed by atoms with E-state index in [1.807, 2.05) is 6.07 Å². The van der Waals surface area contributed by atoms with Crippen LogP contribution in [-0.2, 0) is 4.74 Å². The van der Waals surface area contributed by atoms with E-state index >= 15 is 0 Å². The number of halogens is 1. The second-order valence-corrected chi connectivity index (χ2v) is 5.89. The monoisotopic (exact) mass is 299 g/mol. The molecule has 1 aromatic heterocycles. The van der Waals surface area contributed by atoms with Gasteiger partial charge in [0.2, 0.25) is 0 Å². The van der Waals surface area contributed by atoms with Crippen molar-refractivity contribution in [2.45, 2.75) is 38.6 Å². The number of ether oxygens (including phenoxy) is 1. The Labute approximate surface area is 110 Å². The van der Waals surface area contributed by atoms with Crippen LogP contribution in [0, 0.1) is 0 Å². The van der Waals surface area contributed by atoms with Gasteiger partial charge in [-0.15, -0.1) is 0 Å². The zero-order valence-corrected chi connectivity index (χ0v) is 12.0. The molecule has 0 radical (unpaired) electrons. The Morgan fingerprint density at radius 2 is 2.24 bits per heavy atom. The first-order valence-electron chi connectivity index (χ1n) is 5.89.